The fourth-order valence-electron chi connectivity index (χ4n) is 8.55. The maximum Gasteiger partial charge on any atom is 0.0467 e. The van der Waals surface area contributed by atoms with Gasteiger partial charge in [0.05, 0.1) is 0 Å². The summed E-state index contributed by atoms with van der Waals surface area (Å²) in [5.41, 5.74) is 10.6. The summed E-state index contributed by atoms with van der Waals surface area (Å²) in [6.07, 6.45) is 0. The number of fused-ring (bicyclic) bond motifs is 7. The highest BCUT2D eigenvalue weighted by atomic mass is 32.1. The summed E-state index contributed by atoms with van der Waals surface area (Å²) >= 11 is 1.86. The van der Waals surface area contributed by atoms with Gasteiger partial charge in [-0.15, -0.1) is 11.3 Å². The van der Waals surface area contributed by atoms with Crippen LogP contribution in [-0.2, 0) is 0 Å². The van der Waals surface area contributed by atoms with Gasteiger partial charge in [0.1, 0.15) is 0 Å². The Labute approximate surface area is 330 Å². The average Bonchev–Trinajstić information content (AvgIpc) is 3.65. The molecule has 1 heterocycles. The van der Waals surface area contributed by atoms with E-state index in [4.69, 9.17) is 0 Å². The van der Waals surface area contributed by atoms with Gasteiger partial charge >= 0.3 is 0 Å². The molecule has 1 nitrogen and oxygen atoms in total. The molecule has 0 radical (unpaired) electrons. The van der Waals surface area contributed by atoms with Crippen LogP contribution >= 0.6 is 11.3 Å². The maximum atomic E-state index is 2.40. The van der Waals surface area contributed by atoms with Crippen LogP contribution in [0, 0.1) is 0 Å². The lowest BCUT2D eigenvalue weighted by Gasteiger charge is -2.27. The van der Waals surface area contributed by atoms with Crippen LogP contribution in [0.3, 0.4) is 0 Å². The fraction of sp³-hybridized carbons (Fsp3) is 0. The Balaban J connectivity index is 1.06. The van der Waals surface area contributed by atoms with Crippen LogP contribution < -0.4 is 4.90 Å². The predicted octanol–water partition coefficient (Wildman–Crippen LogP) is 16.0. The van der Waals surface area contributed by atoms with Crippen molar-refractivity contribution in [3.8, 4) is 33.4 Å². The fourth-order valence-corrected chi connectivity index (χ4v) is 9.64. The summed E-state index contributed by atoms with van der Waals surface area (Å²) in [6, 6.07) is 77.8. The van der Waals surface area contributed by atoms with Crippen molar-refractivity contribution in [2.45, 2.75) is 0 Å². The molecule has 0 bridgehead atoms. The molecule has 0 fully saturated rings. The van der Waals surface area contributed by atoms with E-state index >= 15 is 0 Å². The Hall–Kier alpha value is -7.00. The third-order valence-electron chi connectivity index (χ3n) is 11.2. The molecule has 1 aromatic heterocycles. The van der Waals surface area contributed by atoms with Crippen LogP contribution in [0.15, 0.2) is 212 Å². The van der Waals surface area contributed by atoms with Gasteiger partial charge in [-0.2, -0.15) is 0 Å². The molecule has 0 aliphatic heterocycles. The molecule has 0 saturated heterocycles. The molecule has 262 valence electrons. The highest BCUT2D eigenvalue weighted by Gasteiger charge is 2.17. The number of benzene rings is 10. The van der Waals surface area contributed by atoms with Crippen molar-refractivity contribution in [3.63, 3.8) is 0 Å². The van der Waals surface area contributed by atoms with E-state index in [9.17, 15) is 0 Å². The third-order valence-corrected chi connectivity index (χ3v) is 12.4. The zero-order valence-corrected chi connectivity index (χ0v) is 31.4. The Morgan fingerprint density at radius 2 is 0.839 bits per heavy atom. The van der Waals surface area contributed by atoms with Crippen LogP contribution in [0.25, 0.3) is 85.9 Å². The number of hydrogen-bond donors (Lipinski definition) is 0. The van der Waals surface area contributed by atoms with Gasteiger partial charge in [0.25, 0.3) is 0 Å². The minimum Gasteiger partial charge on any atom is -0.310 e. The van der Waals surface area contributed by atoms with Crippen molar-refractivity contribution in [1.82, 2.24) is 0 Å². The first-order valence-corrected chi connectivity index (χ1v) is 20.0. The van der Waals surface area contributed by atoms with Crippen LogP contribution in [0.5, 0.6) is 0 Å². The molecule has 2 heteroatoms. The second-order valence-corrected chi connectivity index (χ2v) is 15.6. The van der Waals surface area contributed by atoms with E-state index in [1.54, 1.807) is 0 Å². The molecule has 11 aromatic rings. The first-order chi connectivity index (χ1) is 27.7. The molecule has 0 N–H and O–H groups in total. The van der Waals surface area contributed by atoms with Gasteiger partial charge in [-0.1, -0.05) is 152 Å². The largest absolute Gasteiger partial charge is 0.310 e. The lowest BCUT2D eigenvalue weighted by Crippen LogP contribution is -2.10. The van der Waals surface area contributed by atoms with Crippen LogP contribution in [-0.4, -0.2) is 0 Å². The molecule has 0 aliphatic rings. The SMILES string of the molecule is c1cc(-c2cccc3ccccc23)cc(N(c2ccc(-c3ccc4sc5ccccc5c4c3)cc2)c2cccc(-c3cc4ccccc4c4ccccc34)c2)c1. The van der Waals surface area contributed by atoms with E-state index in [1.165, 1.54) is 85.9 Å². The van der Waals surface area contributed by atoms with Crippen molar-refractivity contribution < 1.29 is 0 Å². The van der Waals surface area contributed by atoms with Gasteiger partial charge in [0, 0.05) is 37.2 Å². The highest BCUT2D eigenvalue weighted by molar-refractivity contribution is 7.25. The molecule has 0 spiro atoms. The smallest absolute Gasteiger partial charge is 0.0467 e. The average molecular weight is 730 g/mol. The van der Waals surface area contributed by atoms with Crippen molar-refractivity contribution >= 4 is 80.9 Å². The Morgan fingerprint density at radius 3 is 1.62 bits per heavy atom. The number of anilines is 3. The minimum atomic E-state index is 1.10. The van der Waals surface area contributed by atoms with Crippen LogP contribution in [0.1, 0.15) is 0 Å². The number of hydrogen-bond acceptors (Lipinski definition) is 2. The second kappa shape index (κ2) is 13.4. The molecule has 11 rings (SSSR count). The minimum absolute atomic E-state index is 1.10. The van der Waals surface area contributed by atoms with Gasteiger partial charge in [-0.05, 0) is 126 Å². The van der Waals surface area contributed by atoms with Crippen molar-refractivity contribution in [2.24, 2.45) is 0 Å². The summed E-state index contributed by atoms with van der Waals surface area (Å²) in [5.74, 6) is 0. The molecule has 0 aliphatic carbocycles. The van der Waals surface area contributed by atoms with E-state index in [0.717, 1.165) is 17.1 Å². The molecule has 10 aromatic carbocycles. The molecule has 0 unspecified atom stereocenters. The van der Waals surface area contributed by atoms with Crippen molar-refractivity contribution in [3.05, 3.63) is 212 Å². The molecular formula is C54H35NS. The third kappa shape index (κ3) is 5.54. The normalized spacial score (nSPS) is 11.6. The number of thiophene rings is 1. The lowest BCUT2D eigenvalue weighted by molar-refractivity contribution is 1.28. The molecular weight excluding hydrogens is 695 g/mol. The summed E-state index contributed by atoms with van der Waals surface area (Å²) < 4.78 is 2.65. The van der Waals surface area contributed by atoms with E-state index in [-0.39, 0.29) is 0 Å². The molecule has 56 heavy (non-hydrogen) atoms. The van der Waals surface area contributed by atoms with Crippen molar-refractivity contribution in [2.75, 3.05) is 4.90 Å². The second-order valence-electron chi connectivity index (χ2n) is 14.5. The summed E-state index contributed by atoms with van der Waals surface area (Å²) in [7, 11) is 0. The van der Waals surface area contributed by atoms with Gasteiger partial charge in [0.15, 0.2) is 0 Å². The lowest BCUT2D eigenvalue weighted by atomic mass is 9.93. The van der Waals surface area contributed by atoms with Crippen LogP contribution in [0.2, 0.25) is 0 Å². The number of nitrogens with zero attached hydrogens (tertiary/aromatic N) is 1. The zero-order chi connectivity index (χ0) is 37.0. The molecule has 0 atom stereocenters. The first kappa shape index (κ1) is 32.4. The molecule has 0 saturated carbocycles. The molecule has 0 amide bonds. The van der Waals surface area contributed by atoms with E-state index in [0.29, 0.717) is 0 Å². The van der Waals surface area contributed by atoms with Crippen molar-refractivity contribution in [1.29, 1.82) is 0 Å². The van der Waals surface area contributed by atoms with Crippen LogP contribution in [0.4, 0.5) is 17.1 Å². The maximum absolute atomic E-state index is 2.40. The van der Waals surface area contributed by atoms with E-state index in [2.05, 4.69) is 217 Å². The topological polar surface area (TPSA) is 3.24 Å². The van der Waals surface area contributed by atoms with E-state index < -0.39 is 0 Å². The Morgan fingerprint density at radius 1 is 0.268 bits per heavy atom. The highest BCUT2D eigenvalue weighted by Crippen LogP contribution is 2.42. The van der Waals surface area contributed by atoms with Gasteiger partial charge in [0.2, 0.25) is 0 Å². The first-order valence-electron chi connectivity index (χ1n) is 19.2. The van der Waals surface area contributed by atoms with Gasteiger partial charge in [-0.3, -0.25) is 0 Å². The standard InChI is InChI=1S/C54H35NS/c1-3-19-45-37(12-1)14-11-24-46(45)39-15-9-17-43(32-39)55(42-29-26-36(27-30-42)38-28-31-54-52(34-38)50-23-7-8-25-53(50)56-54)44-18-10-16-40(33-44)51-35-41-13-2-4-20-47(41)48-21-5-6-22-49(48)51/h1-35H. The monoisotopic (exact) mass is 729 g/mol. The summed E-state index contributed by atoms with van der Waals surface area (Å²) in [6.45, 7) is 0. The predicted molar refractivity (Wildman–Crippen MR) is 243 cm³/mol. The van der Waals surface area contributed by atoms with Gasteiger partial charge in [-0.25, -0.2) is 0 Å². The summed E-state index contributed by atoms with van der Waals surface area (Å²) in [5, 5.41) is 10.2. The Bertz CT molecular complexity index is 3260. The van der Waals surface area contributed by atoms with Gasteiger partial charge < -0.3 is 4.90 Å². The Kier molecular flexibility index (Phi) is 7.75. The van der Waals surface area contributed by atoms with E-state index in [1.807, 2.05) is 11.3 Å². The zero-order valence-electron chi connectivity index (χ0n) is 30.6. The quantitative estimate of drug-likeness (QED) is 0.154. The number of rotatable bonds is 6. The summed E-state index contributed by atoms with van der Waals surface area (Å²) in [4.78, 5) is 2.40.